The van der Waals surface area contributed by atoms with E-state index >= 15 is 0 Å². The van der Waals surface area contributed by atoms with E-state index in [4.69, 9.17) is 37.0 Å². The van der Waals surface area contributed by atoms with Gasteiger partial charge in [0.05, 0.1) is 26.4 Å². The Morgan fingerprint density at radius 1 is 0.296 bits per heavy atom. The fraction of sp³-hybridized carbons (Fsp3) is 0.722. The highest BCUT2D eigenvalue weighted by Gasteiger charge is 2.30. The number of phosphoric ester groups is 2. The van der Waals surface area contributed by atoms with E-state index < -0.39 is 97.5 Å². The van der Waals surface area contributed by atoms with E-state index in [-0.39, 0.29) is 25.7 Å². The van der Waals surface area contributed by atoms with Crippen LogP contribution in [-0.2, 0) is 65.4 Å². The molecule has 0 saturated heterocycles. The molecule has 0 aliphatic carbocycles. The summed E-state index contributed by atoms with van der Waals surface area (Å²) in [5.74, 6) is -2.21. The van der Waals surface area contributed by atoms with Crippen LogP contribution >= 0.6 is 15.6 Å². The zero-order chi connectivity index (χ0) is 71.8. The fourth-order valence-electron chi connectivity index (χ4n) is 9.91. The lowest BCUT2D eigenvalue weighted by Gasteiger charge is -2.21. The van der Waals surface area contributed by atoms with E-state index in [9.17, 15) is 43.2 Å². The Morgan fingerprint density at radius 3 is 0.867 bits per heavy atom. The number of hydrogen-bond donors (Lipinski definition) is 3. The minimum atomic E-state index is -4.98. The molecule has 0 aliphatic rings. The van der Waals surface area contributed by atoms with Crippen LogP contribution in [0.3, 0.4) is 0 Å². The first-order valence-corrected chi connectivity index (χ1v) is 41.1. The van der Waals surface area contributed by atoms with Gasteiger partial charge in [0.1, 0.15) is 19.3 Å². The van der Waals surface area contributed by atoms with Crippen LogP contribution in [0.4, 0.5) is 0 Å². The first-order valence-electron chi connectivity index (χ1n) is 38.1. The number of esters is 4. The van der Waals surface area contributed by atoms with E-state index in [0.29, 0.717) is 25.7 Å². The predicted octanol–water partition coefficient (Wildman–Crippen LogP) is 21.8. The summed E-state index contributed by atoms with van der Waals surface area (Å²) in [6.45, 7) is 4.51. The minimum Gasteiger partial charge on any atom is -0.462 e. The molecule has 98 heavy (non-hydrogen) atoms. The Morgan fingerprint density at radius 2 is 0.551 bits per heavy atom. The molecule has 0 aromatic heterocycles. The lowest BCUT2D eigenvalue weighted by molar-refractivity contribution is -0.161. The number of unbranched alkanes of at least 4 members (excludes halogenated alkanes) is 27. The van der Waals surface area contributed by atoms with E-state index in [0.717, 1.165) is 218 Å². The smallest absolute Gasteiger partial charge is 0.462 e. The van der Waals surface area contributed by atoms with Gasteiger partial charge in [-0.2, -0.15) is 0 Å². The molecule has 0 saturated carbocycles. The largest absolute Gasteiger partial charge is 0.472 e. The van der Waals surface area contributed by atoms with E-state index in [1.807, 2.05) is 0 Å². The SMILES string of the molecule is CC/C=C\C/C=C\C/C=C\CCCCCCCCCC(=O)OCC(COP(=O)(O)OCC(O)COP(=O)(O)OCC(COC(=O)CCCCCCCCC/C=C\C/C=C\C/C=C\CC)OC(=O)CCCCCCC/C=C\CCCC)OC(=O)CCCCCCC/C=C\C/C=C\CCC. The van der Waals surface area contributed by atoms with Crippen LogP contribution in [0.1, 0.15) is 310 Å². The van der Waals surface area contributed by atoms with Gasteiger partial charge in [-0.1, -0.05) is 259 Å². The highest BCUT2D eigenvalue weighted by molar-refractivity contribution is 7.47. The molecular weight excluding hydrogens is 1280 g/mol. The van der Waals surface area contributed by atoms with Crippen molar-refractivity contribution in [3.05, 3.63) is 109 Å². The number of rotatable bonds is 71. The summed E-state index contributed by atoms with van der Waals surface area (Å²) >= 11 is 0. The molecular formula is C79H136O17P2. The molecule has 17 nitrogen and oxygen atoms in total. The highest BCUT2D eigenvalue weighted by Crippen LogP contribution is 2.45. The standard InChI is InChI=1S/C79H136O17P2/c1-5-9-13-17-21-25-29-32-34-36-38-41-44-47-51-55-59-63-76(81)89-69-74(95-78(83)65-61-57-53-49-43-28-24-20-16-12-8-4)71-93-97(85,86)91-67-73(80)68-92-98(87,88)94-72-75(96-79(84)66-62-58-54-50-46-40-31-27-23-19-15-11-7-3)70-90-77(82)64-60-56-52-48-45-42-39-37-35-33-30-26-22-18-14-10-6-2/h9-10,13-15,19-22,24-27,31-35,73-75,80H,5-8,11-12,16-18,23,28-30,36-72H2,1-4H3,(H,85,86)(H,87,88)/b13-9-,14-10-,19-15-,24-20-,25-21-,26-22-,31-27-,34-32-,35-33-. The molecule has 0 spiro atoms. The van der Waals surface area contributed by atoms with Crippen molar-refractivity contribution in [1.29, 1.82) is 0 Å². The van der Waals surface area contributed by atoms with Crippen LogP contribution in [0.5, 0.6) is 0 Å². The Bertz CT molecular complexity index is 2290. The summed E-state index contributed by atoms with van der Waals surface area (Å²) < 4.78 is 68.4. The van der Waals surface area contributed by atoms with Gasteiger partial charge < -0.3 is 33.8 Å². The second kappa shape index (κ2) is 71.1. The molecule has 0 aromatic carbocycles. The number of aliphatic hydroxyl groups excluding tert-OH is 1. The Labute approximate surface area is 594 Å². The van der Waals surface area contributed by atoms with Crippen molar-refractivity contribution in [3.8, 4) is 0 Å². The number of aliphatic hydroxyl groups is 1. The van der Waals surface area contributed by atoms with Gasteiger partial charge in [-0.25, -0.2) is 9.13 Å². The minimum absolute atomic E-state index is 0.0755. The van der Waals surface area contributed by atoms with Crippen molar-refractivity contribution in [2.75, 3.05) is 39.6 Å². The van der Waals surface area contributed by atoms with Gasteiger partial charge >= 0.3 is 39.5 Å². The normalized spacial score (nSPS) is 14.6. The lowest BCUT2D eigenvalue weighted by atomic mass is 10.1. The summed E-state index contributed by atoms with van der Waals surface area (Å²) in [5.41, 5.74) is 0. The zero-order valence-corrected chi connectivity index (χ0v) is 63.2. The van der Waals surface area contributed by atoms with Crippen molar-refractivity contribution in [1.82, 2.24) is 0 Å². The molecule has 0 aromatic rings. The van der Waals surface area contributed by atoms with Crippen LogP contribution in [0.15, 0.2) is 109 Å². The average molecular weight is 1420 g/mol. The molecule has 3 N–H and O–H groups in total. The molecule has 0 fully saturated rings. The Kier molecular flexibility index (Phi) is 68.0. The predicted molar refractivity (Wildman–Crippen MR) is 399 cm³/mol. The molecule has 5 atom stereocenters. The molecule has 0 amide bonds. The van der Waals surface area contributed by atoms with Crippen LogP contribution in [0.25, 0.3) is 0 Å². The quantitative estimate of drug-likeness (QED) is 0.0169. The molecule has 564 valence electrons. The van der Waals surface area contributed by atoms with Crippen LogP contribution < -0.4 is 0 Å². The summed E-state index contributed by atoms with van der Waals surface area (Å²) in [6, 6.07) is 0. The summed E-state index contributed by atoms with van der Waals surface area (Å²) in [6.07, 6.45) is 75.1. The van der Waals surface area contributed by atoms with Crippen molar-refractivity contribution in [2.24, 2.45) is 0 Å². The average Bonchev–Trinajstić information content (AvgIpc) is 0.973. The molecule has 0 aliphatic heterocycles. The molecule has 19 heteroatoms. The molecule has 0 rings (SSSR count). The summed E-state index contributed by atoms with van der Waals surface area (Å²) in [5, 5.41) is 10.6. The maximum Gasteiger partial charge on any atom is 0.472 e. The molecule has 5 unspecified atom stereocenters. The molecule has 0 heterocycles. The number of allylic oxidation sites excluding steroid dienone is 18. The monoisotopic (exact) mass is 1420 g/mol. The van der Waals surface area contributed by atoms with E-state index in [2.05, 4.69) is 137 Å². The van der Waals surface area contributed by atoms with Gasteiger partial charge in [-0.05, 0) is 135 Å². The number of hydrogen-bond acceptors (Lipinski definition) is 15. The maximum atomic E-state index is 13.1. The topological polar surface area (TPSA) is 237 Å². The second-order valence-electron chi connectivity index (χ2n) is 25.2. The van der Waals surface area contributed by atoms with Crippen LogP contribution in [0, 0.1) is 0 Å². The molecule has 0 radical (unpaired) electrons. The van der Waals surface area contributed by atoms with Gasteiger partial charge in [-0.15, -0.1) is 0 Å². The van der Waals surface area contributed by atoms with Crippen molar-refractivity contribution >= 4 is 39.5 Å². The van der Waals surface area contributed by atoms with Gasteiger partial charge in [0.25, 0.3) is 0 Å². The van der Waals surface area contributed by atoms with E-state index in [1.165, 1.54) is 12.8 Å². The first kappa shape index (κ1) is 93.7. The third kappa shape index (κ3) is 70.2. The van der Waals surface area contributed by atoms with Crippen molar-refractivity contribution < 1.29 is 80.2 Å². The van der Waals surface area contributed by atoms with Crippen molar-refractivity contribution in [2.45, 2.75) is 329 Å². The lowest BCUT2D eigenvalue weighted by Crippen LogP contribution is -2.30. The number of carbonyl (C=O) groups excluding carboxylic acids is 4. The van der Waals surface area contributed by atoms with Crippen LogP contribution in [-0.4, -0.2) is 96.7 Å². The Hall–Kier alpha value is -4.28. The van der Waals surface area contributed by atoms with E-state index in [1.54, 1.807) is 0 Å². The summed E-state index contributed by atoms with van der Waals surface area (Å²) in [4.78, 5) is 72.8. The third-order valence-corrected chi connectivity index (χ3v) is 17.6. The number of phosphoric acid groups is 2. The zero-order valence-electron chi connectivity index (χ0n) is 61.4. The van der Waals surface area contributed by atoms with Gasteiger partial charge in [0.15, 0.2) is 12.2 Å². The molecule has 0 bridgehead atoms. The van der Waals surface area contributed by atoms with Crippen molar-refractivity contribution in [3.63, 3.8) is 0 Å². The summed E-state index contributed by atoms with van der Waals surface area (Å²) in [7, 11) is -9.96. The second-order valence-corrected chi connectivity index (χ2v) is 28.1. The van der Waals surface area contributed by atoms with Gasteiger partial charge in [0.2, 0.25) is 0 Å². The number of carbonyl (C=O) groups is 4. The highest BCUT2D eigenvalue weighted by atomic mass is 31.2. The number of ether oxygens (including phenoxy) is 4. The first-order chi connectivity index (χ1) is 47.7. The maximum absolute atomic E-state index is 13.1. The third-order valence-electron chi connectivity index (χ3n) is 15.7. The van der Waals surface area contributed by atoms with Gasteiger partial charge in [-0.3, -0.25) is 37.3 Å². The Balaban J connectivity index is 5.32. The fourth-order valence-corrected chi connectivity index (χ4v) is 11.5. The van der Waals surface area contributed by atoms with Crippen LogP contribution in [0.2, 0.25) is 0 Å². The van der Waals surface area contributed by atoms with Gasteiger partial charge in [0, 0.05) is 25.7 Å².